The number of halogens is 2. The van der Waals surface area contributed by atoms with Crippen LogP contribution in [0.5, 0.6) is 0 Å². The second kappa shape index (κ2) is 7.97. The van der Waals surface area contributed by atoms with Gasteiger partial charge in [0, 0.05) is 26.1 Å². The molecule has 1 amide bonds. The van der Waals surface area contributed by atoms with Gasteiger partial charge in [-0.1, -0.05) is 57.4 Å². The highest BCUT2D eigenvalue weighted by Crippen LogP contribution is 2.30. The molecule has 3 aromatic carbocycles. The zero-order valence-corrected chi connectivity index (χ0v) is 18.3. The van der Waals surface area contributed by atoms with E-state index in [4.69, 9.17) is 16.6 Å². The van der Waals surface area contributed by atoms with Gasteiger partial charge >= 0.3 is 0 Å². The van der Waals surface area contributed by atoms with Gasteiger partial charge in [0.15, 0.2) is 0 Å². The molecule has 4 rings (SSSR count). The standard InChI is InChI=1S/C24H18BrClN2O/c1-14-3-5-16(6-4-14)22-13-21(20-12-17(25)11-15(2)23(20)28-22)24(29)27-19-9-7-18(26)8-10-19/h3-13H,1-2H3,(H,27,29). The van der Waals surface area contributed by atoms with Crippen LogP contribution in [0.4, 0.5) is 5.69 Å². The molecule has 0 aliphatic heterocycles. The highest BCUT2D eigenvalue weighted by molar-refractivity contribution is 9.10. The van der Waals surface area contributed by atoms with E-state index in [1.807, 2.05) is 56.3 Å². The summed E-state index contributed by atoms with van der Waals surface area (Å²) < 4.78 is 0.910. The highest BCUT2D eigenvalue weighted by atomic mass is 79.9. The average molecular weight is 466 g/mol. The van der Waals surface area contributed by atoms with E-state index in [-0.39, 0.29) is 5.91 Å². The summed E-state index contributed by atoms with van der Waals surface area (Å²) in [6.07, 6.45) is 0. The van der Waals surface area contributed by atoms with Crippen molar-refractivity contribution < 1.29 is 4.79 Å². The number of pyridine rings is 1. The van der Waals surface area contributed by atoms with Gasteiger partial charge in [0.25, 0.3) is 5.91 Å². The molecule has 4 aromatic rings. The number of amides is 1. The average Bonchev–Trinajstić information content (AvgIpc) is 2.69. The first-order valence-corrected chi connectivity index (χ1v) is 10.3. The molecular formula is C24H18BrClN2O. The normalized spacial score (nSPS) is 10.9. The lowest BCUT2D eigenvalue weighted by molar-refractivity contribution is 0.102. The number of hydrogen-bond donors (Lipinski definition) is 1. The van der Waals surface area contributed by atoms with Crippen molar-refractivity contribution >= 4 is 50.0 Å². The van der Waals surface area contributed by atoms with Gasteiger partial charge in [-0.25, -0.2) is 4.98 Å². The Morgan fingerprint density at radius 2 is 1.66 bits per heavy atom. The fourth-order valence-corrected chi connectivity index (χ4v) is 3.95. The SMILES string of the molecule is Cc1ccc(-c2cc(C(=O)Nc3ccc(Cl)cc3)c3cc(Br)cc(C)c3n2)cc1. The molecule has 0 atom stereocenters. The minimum Gasteiger partial charge on any atom is -0.322 e. The zero-order chi connectivity index (χ0) is 20.5. The lowest BCUT2D eigenvalue weighted by Crippen LogP contribution is -2.13. The summed E-state index contributed by atoms with van der Waals surface area (Å²) in [5, 5.41) is 4.39. The molecule has 0 aliphatic rings. The van der Waals surface area contributed by atoms with Gasteiger partial charge in [-0.15, -0.1) is 0 Å². The molecule has 0 saturated heterocycles. The van der Waals surface area contributed by atoms with Crippen LogP contribution in [0.3, 0.4) is 0 Å². The first-order valence-electron chi connectivity index (χ1n) is 9.15. The van der Waals surface area contributed by atoms with Gasteiger partial charge in [0.05, 0.1) is 16.8 Å². The van der Waals surface area contributed by atoms with Crippen molar-refractivity contribution in [1.29, 1.82) is 0 Å². The van der Waals surface area contributed by atoms with Crippen LogP contribution in [-0.4, -0.2) is 10.9 Å². The van der Waals surface area contributed by atoms with E-state index < -0.39 is 0 Å². The smallest absolute Gasteiger partial charge is 0.256 e. The second-order valence-electron chi connectivity index (χ2n) is 7.00. The third-order valence-electron chi connectivity index (χ3n) is 4.76. The van der Waals surface area contributed by atoms with Gasteiger partial charge in [0.1, 0.15) is 0 Å². The molecule has 0 radical (unpaired) electrons. The number of fused-ring (bicyclic) bond motifs is 1. The Kier molecular flexibility index (Phi) is 5.39. The number of aromatic nitrogens is 1. The van der Waals surface area contributed by atoms with E-state index >= 15 is 0 Å². The Morgan fingerprint density at radius 3 is 2.34 bits per heavy atom. The van der Waals surface area contributed by atoms with Gasteiger partial charge < -0.3 is 5.32 Å². The van der Waals surface area contributed by atoms with Crippen molar-refractivity contribution in [3.8, 4) is 11.3 Å². The predicted octanol–water partition coefficient (Wildman–Crippen LogP) is 7.19. The largest absolute Gasteiger partial charge is 0.322 e. The Bertz CT molecular complexity index is 1220. The van der Waals surface area contributed by atoms with Crippen LogP contribution < -0.4 is 5.32 Å². The van der Waals surface area contributed by atoms with Crippen molar-refractivity contribution in [2.24, 2.45) is 0 Å². The minimum atomic E-state index is -0.189. The Labute approximate surface area is 182 Å². The van der Waals surface area contributed by atoms with Gasteiger partial charge in [-0.2, -0.15) is 0 Å². The van der Waals surface area contributed by atoms with Crippen LogP contribution in [-0.2, 0) is 0 Å². The maximum absolute atomic E-state index is 13.2. The molecule has 1 N–H and O–H groups in total. The van der Waals surface area contributed by atoms with Crippen LogP contribution >= 0.6 is 27.5 Å². The zero-order valence-electron chi connectivity index (χ0n) is 16.0. The van der Waals surface area contributed by atoms with Crippen LogP contribution in [0.1, 0.15) is 21.5 Å². The van der Waals surface area contributed by atoms with Gasteiger partial charge in [-0.05, 0) is 61.9 Å². The molecule has 1 heterocycles. The number of rotatable bonds is 3. The summed E-state index contributed by atoms with van der Waals surface area (Å²) in [5.41, 5.74) is 5.99. The quantitative estimate of drug-likeness (QED) is 0.348. The van der Waals surface area contributed by atoms with Crippen molar-refractivity contribution in [2.45, 2.75) is 13.8 Å². The molecule has 29 heavy (non-hydrogen) atoms. The summed E-state index contributed by atoms with van der Waals surface area (Å²) >= 11 is 9.49. The minimum absolute atomic E-state index is 0.189. The first-order chi connectivity index (χ1) is 13.9. The third-order valence-corrected chi connectivity index (χ3v) is 5.47. The highest BCUT2D eigenvalue weighted by Gasteiger charge is 2.16. The number of carbonyl (C=O) groups excluding carboxylic acids is 1. The summed E-state index contributed by atoms with van der Waals surface area (Å²) in [6.45, 7) is 4.05. The first kappa shape index (κ1) is 19.6. The van der Waals surface area contributed by atoms with Gasteiger partial charge in [-0.3, -0.25) is 4.79 Å². The third kappa shape index (κ3) is 4.19. The molecule has 0 aliphatic carbocycles. The second-order valence-corrected chi connectivity index (χ2v) is 8.35. The Morgan fingerprint density at radius 1 is 0.966 bits per heavy atom. The maximum Gasteiger partial charge on any atom is 0.256 e. The number of hydrogen-bond acceptors (Lipinski definition) is 2. The van der Waals surface area contributed by atoms with Gasteiger partial charge in [0.2, 0.25) is 0 Å². The molecule has 0 bridgehead atoms. The molecule has 0 unspecified atom stereocenters. The fraction of sp³-hybridized carbons (Fsp3) is 0.0833. The molecule has 144 valence electrons. The summed E-state index contributed by atoms with van der Waals surface area (Å²) in [4.78, 5) is 18.0. The van der Waals surface area contributed by atoms with Crippen molar-refractivity contribution in [2.75, 3.05) is 5.32 Å². The Hall–Kier alpha value is -2.69. The number of anilines is 1. The van der Waals surface area contributed by atoms with E-state index in [1.165, 1.54) is 5.56 Å². The molecule has 5 heteroatoms. The summed E-state index contributed by atoms with van der Waals surface area (Å²) in [7, 11) is 0. The summed E-state index contributed by atoms with van der Waals surface area (Å²) in [6, 6.07) is 21.0. The van der Waals surface area contributed by atoms with Crippen molar-refractivity contribution in [3.63, 3.8) is 0 Å². The maximum atomic E-state index is 13.2. The number of benzene rings is 3. The fourth-order valence-electron chi connectivity index (χ4n) is 3.25. The molecule has 1 aromatic heterocycles. The number of nitrogens with one attached hydrogen (secondary N) is 1. The monoisotopic (exact) mass is 464 g/mol. The van der Waals surface area contributed by atoms with Crippen LogP contribution in [0.15, 0.2) is 71.2 Å². The van der Waals surface area contributed by atoms with E-state index in [0.29, 0.717) is 16.3 Å². The molecule has 0 fully saturated rings. The van der Waals surface area contributed by atoms with Crippen LogP contribution in [0, 0.1) is 13.8 Å². The lowest BCUT2D eigenvalue weighted by Gasteiger charge is -2.13. The van der Waals surface area contributed by atoms with E-state index in [9.17, 15) is 4.79 Å². The summed E-state index contributed by atoms with van der Waals surface area (Å²) in [5.74, 6) is -0.189. The van der Waals surface area contributed by atoms with Crippen LogP contribution in [0.25, 0.3) is 22.2 Å². The van der Waals surface area contributed by atoms with E-state index in [1.54, 1.807) is 24.3 Å². The molecule has 0 spiro atoms. The molecular weight excluding hydrogens is 448 g/mol. The molecule has 3 nitrogen and oxygen atoms in total. The van der Waals surface area contributed by atoms with Crippen molar-refractivity contribution in [1.82, 2.24) is 4.98 Å². The topological polar surface area (TPSA) is 42.0 Å². The van der Waals surface area contributed by atoms with Crippen molar-refractivity contribution in [3.05, 3.63) is 92.9 Å². The predicted molar refractivity (Wildman–Crippen MR) is 124 cm³/mol. The number of nitrogens with zero attached hydrogens (tertiary/aromatic N) is 1. The molecule has 0 saturated carbocycles. The Balaban J connectivity index is 1.86. The lowest BCUT2D eigenvalue weighted by atomic mass is 10.0. The number of aryl methyl sites for hydroxylation is 2. The number of carbonyl (C=O) groups is 1. The van der Waals surface area contributed by atoms with E-state index in [2.05, 4.69) is 21.2 Å². The van der Waals surface area contributed by atoms with Crippen LogP contribution in [0.2, 0.25) is 5.02 Å². The van der Waals surface area contributed by atoms with E-state index in [0.717, 1.165) is 32.2 Å².